The molecule has 3 aliphatic heterocycles. The van der Waals surface area contributed by atoms with E-state index in [1.165, 1.54) is 16.7 Å². The van der Waals surface area contributed by atoms with E-state index in [2.05, 4.69) is 21.3 Å². The number of esters is 1. The molecule has 0 spiro atoms. The van der Waals surface area contributed by atoms with Crippen molar-refractivity contribution in [1.82, 2.24) is 40.4 Å². The van der Waals surface area contributed by atoms with Gasteiger partial charge in [-0.3, -0.25) is 53.1 Å². The predicted molar refractivity (Wildman–Crippen MR) is 241 cm³/mol. The summed E-state index contributed by atoms with van der Waals surface area (Å²) in [6, 6.07) is 3.76. The van der Waals surface area contributed by atoms with Gasteiger partial charge in [-0.25, -0.2) is 9.59 Å². The number of thioether (sulfide) groups is 1. The van der Waals surface area contributed by atoms with Gasteiger partial charge in [0.25, 0.3) is 5.97 Å². The largest absolute Gasteiger partial charge is 0.617 e. The summed E-state index contributed by atoms with van der Waals surface area (Å²) in [4.78, 5) is 131. The molecule has 1 aromatic carbocycles. The van der Waals surface area contributed by atoms with Gasteiger partial charge in [0.15, 0.2) is 5.78 Å². The molecule has 3 aliphatic rings. The first-order chi connectivity index (χ1) is 31.9. The Bertz CT molecular complexity index is 1950. The number of hydrogen-bond acceptors (Lipinski definition) is 16. The van der Waals surface area contributed by atoms with Gasteiger partial charge in [-0.15, -0.1) is 0 Å². The van der Waals surface area contributed by atoms with Gasteiger partial charge in [0.05, 0.1) is 32.2 Å². The number of carboxylic acids is 3. The number of fused-ring (bicyclic) bond motifs is 1. The van der Waals surface area contributed by atoms with Crippen molar-refractivity contribution in [2.45, 2.75) is 70.5 Å². The summed E-state index contributed by atoms with van der Waals surface area (Å²) in [6.07, 6.45) is 2.79. The minimum Gasteiger partial charge on any atom is -0.617 e. The average molecular weight is 1120 g/mol. The second-order valence-electron chi connectivity index (χ2n) is 16.7. The van der Waals surface area contributed by atoms with Crippen LogP contribution in [0.4, 0.5) is 10.5 Å². The van der Waals surface area contributed by atoms with E-state index in [0.29, 0.717) is 36.1 Å². The Morgan fingerprint density at radius 1 is 0.794 bits per heavy atom. The monoisotopic (exact) mass is 1120 g/mol. The van der Waals surface area contributed by atoms with Crippen LogP contribution in [-0.4, -0.2) is 202 Å². The normalized spacial score (nSPS) is 18.8. The molecule has 4 rings (SSSR count). The van der Waals surface area contributed by atoms with E-state index >= 15 is 0 Å². The molecule has 0 bridgehead atoms. The van der Waals surface area contributed by atoms with Crippen molar-refractivity contribution in [2.75, 3.05) is 95.9 Å². The number of ether oxygens (including phenoxy) is 1. The van der Waals surface area contributed by atoms with E-state index in [9.17, 15) is 63.3 Å². The number of carbonyl (C=O) groups excluding carboxylic acids is 7. The van der Waals surface area contributed by atoms with Crippen molar-refractivity contribution in [3.8, 4) is 0 Å². The summed E-state index contributed by atoms with van der Waals surface area (Å²) in [5, 5.41) is 39.2. The third-order valence-corrected chi connectivity index (χ3v) is 12.0. The Kier molecular flexibility index (Phi) is 25.2. The van der Waals surface area contributed by atoms with Gasteiger partial charge < -0.3 is 51.1 Å². The first-order valence-corrected chi connectivity index (χ1v) is 23.5. The van der Waals surface area contributed by atoms with Crippen molar-refractivity contribution in [3.05, 3.63) is 36.1 Å². The van der Waals surface area contributed by atoms with Gasteiger partial charge in [-0.1, -0.05) is 31.8 Å². The zero-order valence-electron chi connectivity index (χ0n) is 38.2. The van der Waals surface area contributed by atoms with Crippen LogP contribution in [0.3, 0.4) is 0 Å². The number of urea groups is 1. The molecule has 1 unspecified atom stereocenters. The smallest absolute Gasteiger partial charge is 0.326 e. The molecule has 0 saturated carbocycles. The van der Waals surface area contributed by atoms with Crippen LogP contribution in [0.1, 0.15) is 57.4 Å². The first kappa shape index (κ1) is 58.0. The van der Waals surface area contributed by atoms with Crippen LogP contribution in [0.15, 0.2) is 24.3 Å². The van der Waals surface area contributed by atoms with Crippen LogP contribution in [0.5, 0.6) is 0 Å². The fourth-order valence-corrected chi connectivity index (χ4v) is 8.11. The third kappa shape index (κ3) is 20.3. The molecule has 3 heterocycles. The van der Waals surface area contributed by atoms with E-state index in [4.69, 9.17) is 4.74 Å². The van der Waals surface area contributed by atoms with E-state index < -0.39 is 53.7 Å². The number of aliphatic carboxylic acids is 3. The van der Waals surface area contributed by atoms with Crippen molar-refractivity contribution >= 4 is 76.8 Å². The Balaban J connectivity index is 0.0000122. The van der Waals surface area contributed by atoms with Crippen LogP contribution in [0.25, 0.3) is 0 Å². The Morgan fingerprint density at radius 3 is 2.01 bits per heavy atom. The van der Waals surface area contributed by atoms with Gasteiger partial charge in [0, 0.05) is 117 Å². The fraction of sp³-hybridized carbons (Fsp3) is 0.605. The summed E-state index contributed by atoms with van der Waals surface area (Å²) in [5.41, 5.74) is 1.08. The second-order valence-corrected chi connectivity index (χ2v) is 17.6. The molecule has 25 heteroatoms. The number of unbranched alkanes of at least 4 members (excludes halogenated alkanes) is 1. The minimum atomic E-state index is -1.26. The van der Waals surface area contributed by atoms with Gasteiger partial charge in [0.1, 0.15) is 6.04 Å². The number of nitrogens with one attached hydrogen (secondary N) is 4. The number of Topliss-reactive ketones (excluding diaryl/α,β-unsaturated/α-hetero) is 1. The fourth-order valence-electron chi connectivity index (χ4n) is 7.64. The number of anilines is 1. The first-order valence-electron chi connectivity index (χ1n) is 22.1. The molecule has 3 fully saturated rings. The molecule has 7 N–H and O–H groups in total. The predicted octanol–water partition coefficient (Wildman–Crippen LogP) is -0.533. The summed E-state index contributed by atoms with van der Waals surface area (Å²) in [6.45, 7) is 2.95. The van der Waals surface area contributed by atoms with Gasteiger partial charge in [0.2, 0.25) is 23.6 Å². The molecule has 6 amide bonds. The molecule has 0 radical (unpaired) electrons. The molecule has 68 heavy (non-hydrogen) atoms. The van der Waals surface area contributed by atoms with Crippen molar-refractivity contribution in [2.24, 2.45) is 5.92 Å². The third-order valence-electron chi connectivity index (χ3n) is 11.3. The maximum absolute atomic E-state index is 13.2. The number of ketones is 1. The van der Waals surface area contributed by atoms with Crippen molar-refractivity contribution < 1.29 is 108 Å². The van der Waals surface area contributed by atoms with E-state index in [1.54, 1.807) is 50.8 Å². The standard InChI is InChI=1S/C43H62N9O14S.Gd/c1-28-21-36(56)52(41(28)62)13-4-3-5-32(42(63)64)46-34(54)11-10-33(53)31(12-20-67-2)47-43(65)45-30-8-6-29(7-9-30)22-44-35(55)23-50-17-16-48(25-38(57)58)14-15-49(26-39(59)60)18-19-51-27-40(61)66-37(51)24-50;/h6-9,28,31-32H,3-5,10-27H2,1-2H3,(H,44,55)(H,46,54)(H,57,58)(H,59,60)(H,63,64)(H2,45,47,65);/q-1;/t28?,31-,32-;/m0./s1. The number of carbonyl (C=O) groups is 10. The number of carboxylic acid groups (broad SMARTS) is 3. The van der Waals surface area contributed by atoms with E-state index in [0.717, 1.165) is 0 Å². The quantitative estimate of drug-likeness (QED) is 0.0296. The number of benzene rings is 1. The maximum atomic E-state index is 13.2. The summed E-state index contributed by atoms with van der Waals surface area (Å²) < 4.78 is 5.46. The Morgan fingerprint density at radius 2 is 1.43 bits per heavy atom. The van der Waals surface area contributed by atoms with E-state index in [-0.39, 0.29) is 181 Å². The molecule has 3 saturated heterocycles. The molecule has 0 aromatic heterocycles. The van der Waals surface area contributed by atoms with Crippen LogP contribution < -0.4 is 21.3 Å². The van der Waals surface area contributed by atoms with Crippen LogP contribution in [0.2, 0.25) is 0 Å². The molecule has 0 aliphatic carbocycles. The van der Waals surface area contributed by atoms with Crippen LogP contribution >= 0.6 is 11.8 Å². The van der Waals surface area contributed by atoms with Crippen molar-refractivity contribution in [1.29, 1.82) is 0 Å². The average Bonchev–Trinajstić information content (AvgIpc) is 3.74. The zero-order valence-corrected chi connectivity index (χ0v) is 41.3. The number of rotatable bonds is 24. The van der Waals surface area contributed by atoms with E-state index in [1.807, 2.05) is 6.26 Å². The van der Waals surface area contributed by atoms with Gasteiger partial charge >= 0.3 is 23.9 Å². The topological polar surface area (TPSA) is 305 Å². The number of amides is 6. The number of nitrogens with zero attached hydrogens (tertiary/aromatic N) is 5. The molecule has 23 nitrogen and oxygen atoms in total. The molecular weight excluding hydrogens is 1060 g/mol. The minimum absolute atomic E-state index is 0. The SMILES string of the molecule is CSCC[C@H](NC(=O)Nc1ccc(CNC(=O)CN2CCN(CC(=O)O)CCN(CC(=O)O)CCN3CC(=O)O[C-]3C2)cc1)C(=O)CCC(=O)N[C@@H](CCCCN1C(=O)CC(C)C1=O)C(=O)O.[Gd]. The summed E-state index contributed by atoms with van der Waals surface area (Å²) in [7, 11) is 0. The number of imide groups is 1. The number of likely N-dealkylation sites (tertiary alicyclic amines) is 1. The molecule has 378 valence electrons. The summed E-state index contributed by atoms with van der Waals surface area (Å²) in [5.74, 6) is -5.62. The molecular formula is C43H62GdN9O14S-. The molecule has 1 aromatic rings. The maximum Gasteiger partial charge on any atom is 0.326 e. The van der Waals surface area contributed by atoms with Crippen LogP contribution in [0, 0.1) is 52.1 Å². The Hall–Kier alpha value is -4.37. The van der Waals surface area contributed by atoms with Crippen LogP contribution in [-0.2, 0) is 54.4 Å². The number of hydrogen-bond donors (Lipinski definition) is 7. The molecule has 3 atom stereocenters. The summed E-state index contributed by atoms with van der Waals surface area (Å²) >= 11 is 1.46. The Labute approximate surface area is 430 Å². The van der Waals surface area contributed by atoms with Gasteiger partial charge in [-0.05, 0) is 61.9 Å². The van der Waals surface area contributed by atoms with Gasteiger partial charge in [-0.2, -0.15) is 11.8 Å². The zero-order chi connectivity index (χ0) is 49.0. The second kappa shape index (κ2) is 29.6. The van der Waals surface area contributed by atoms with Crippen molar-refractivity contribution in [3.63, 3.8) is 0 Å².